The second-order valence-corrected chi connectivity index (χ2v) is 2.78. The number of carbonyl (C=O) groups is 1. The normalized spacial score (nSPS) is 12.2. The molecule has 1 aromatic rings. The maximum Gasteiger partial charge on any atom is 0.255 e. The van der Waals surface area contributed by atoms with Crippen LogP contribution in [0.15, 0.2) is 24.5 Å². The lowest BCUT2D eigenvalue weighted by molar-refractivity contribution is -0.125. The molecule has 1 heterocycles. The largest absolute Gasteiger partial charge is 0.384 e. The summed E-state index contributed by atoms with van der Waals surface area (Å²) in [6.45, 7) is 1.44. The Morgan fingerprint density at radius 1 is 1.69 bits per heavy atom. The molecule has 1 unspecified atom stereocenters. The summed E-state index contributed by atoms with van der Waals surface area (Å²) in [5, 5.41) is 9.04. The standard InChI is InChI=1S/C9H12N2O2/c1-7(12)9(13)11(2)8-4-3-5-10-6-8/h3-7,12H,1-2H3. The molecule has 0 aliphatic carbocycles. The van der Waals surface area contributed by atoms with Crippen molar-refractivity contribution in [3.8, 4) is 0 Å². The van der Waals surface area contributed by atoms with Gasteiger partial charge in [-0.25, -0.2) is 0 Å². The van der Waals surface area contributed by atoms with Gasteiger partial charge in [0.05, 0.1) is 11.9 Å². The van der Waals surface area contributed by atoms with Gasteiger partial charge >= 0.3 is 0 Å². The molecule has 1 rings (SSSR count). The highest BCUT2D eigenvalue weighted by Crippen LogP contribution is 2.10. The first-order valence-electron chi connectivity index (χ1n) is 3.98. The zero-order valence-electron chi connectivity index (χ0n) is 7.64. The molecule has 1 aromatic heterocycles. The number of aliphatic hydroxyl groups excluding tert-OH is 1. The summed E-state index contributed by atoms with van der Waals surface area (Å²) < 4.78 is 0. The van der Waals surface area contributed by atoms with Crippen molar-refractivity contribution in [1.29, 1.82) is 0 Å². The van der Waals surface area contributed by atoms with Crippen molar-refractivity contribution in [1.82, 2.24) is 4.98 Å². The molecule has 0 spiro atoms. The third kappa shape index (κ3) is 2.26. The lowest BCUT2D eigenvalue weighted by Gasteiger charge is -2.17. The minimum absolute atomic E-state index is 0.340. The first-order chi connectivity index (χ1) is 6.13. The molecule has 0 aliphatic rings. The van der Waals surface area contributed by atoms with Gasteiger partial charge < -0.3 is 10.0 Å². The highest BCUT2D eigenvalue weighted by atomic mass is 16.3. The van der Waals surface area contributed by atoms with Crippen molar-refractivity contribution in [3.63, 3.8) is 0 Å². The van der Waals surface area contributed by atoms with E-state index in [4.69, 9.17) is 5.11 Å². The predicted octanol–water partition coefficient (Wildman–Crippen LogP) is 0.425. The van der Waals surface area contributed by atoms with Gasteiger partial charge in [0, 0.05) is 13.2 Å². The third-order valence-electron chi connectivity index (χ3n) is 1.72. The van der Waals surface area contributed by atoms with Gasteiger partial charge in [-0.3, -0.25) is 9.78 Å². The van der Waals surface area contributed by atoms with Crippen LogP contribution in [0.25, 0.3) is 0 Å². The van der Waals surface area contributed by atoms with Crippen LogP contribution in [0.2, 0.25) is 0 Å². The molecule has 0 aromatic carbocycles. The summed E-state index contributed by atoms with van der Waals surface area (Å²) in [5.74, 6) is -0.340. The van der Waals surface area contributed by atoms with Crippen LogP contribution in [0.5, 0.6) is 0 Å². The van der Waals surface area contributed by atoms with E-state index < -0.39 is 6.10 Å². The quantitative estimate of drug-likeness (QED) is 0.717. The van der Waals surface area contributed by atoms with E-state index in [1.165, 1.54) is 11.8 Å². The molecule has 1 atom stereocenters. The van der Waals surface area contributed by atoms with E-state index in [9.17, 15) is 4.79 Å². The molecule has 0 radical (unpaired) electrons. The molecule has 0 saturated heterocycles. The number of hydrogen-bond donors (Lipinski definition) is 1. The Kier molecular flexibility index (Phi) is 2.97. The Labute approximate surface area is 76.8 Å². The highest BCUT2D eigenvalue weighted by molar-refractivity contribution is 5.95. The van der Waals surface area contributed by atoms with E-state index in [0.29, 0.717) is 5.69 Å². The van der Waals surface area contributed by atoms with Gasteiger partial charge in [0.1, 0.15) is 6.10 Å². The number of rotatable bonds is 2. The van der Waals surface area contributed by atoms with E-state index in [0.717, 1.165) is 0 Å². The smallest absolute Gasteiger partial charge is 0.255 e. The SMILES string of the molecule is CC(O)C(=O)N(C)c1cccnc1. The maximum atomic E-state index is 11.3. The molecular weight excluding hydrogens is 168 g/mol. The number of pyridine rings is 1. The van der Waals surface area contributed by atoms with Gasteiger partial charge in [-0.2, -0.15) is 0 Å². The topological polar surface area (TPSA) is 53.4 Å². The van der Waals surface area contributed by atoms with Crippen LogP contribution in [0.1, 0.15) is 6.92 Å². The number of aromatic nitrogens is 1. The Balaban J connectivity index is 2.80. The minimum Gasteiger partial charge on any atom is -0.384 e. The fourth-order valence-electron chi connectivity index (χ4n) is 0.960. The van der Waals surface area contributed by atoms with Crippen molar-refractivity contribution in [2.24, 2.45) is 0 Å². The second kappa shape index (κ2) is 4.00. The number of carbonyl (C=O) groups excluding carboxylic acids is 1. The Bertz CT molecular complexity index is 285. The fourth-order valence-corrected chi connectivity index (χ4v) is 0.960. The van der Waals surface area contributed by atoms with Crippen molar-refractivity contribution in [2.45, 2.75) is 13.0 Å². The molecule has 70 valence electrons. The lowest BCUT2D eigenvalue weighted by atomic mass is 10.3. The van der Waals surface area contributed by atoms with Crippen LogP contribution in [-0.4, -0.2) is 29.1 Å². The summed E-state index contributed by atoms with van der Waals surface area (Å²) in [7, 11) is 1.60. The number of aliphatic hydroxyl groups is 1. The molecule has 4 heteroatoms. The van der Waals surface area contributed by atoms with Crippen LogP contribution < -0.4 is 4.90 Å². The third-order valence-corrected chi connectivity index (χ3v) is 1.72. The summed E-state index contributed by atoms with van der Waals surface area (Å²) in [4.78, 5) is 16.5. The van der Waals surface area contributed by atoms with Gasteiger partial charge in [0.15, 0.2) is 0 Å². The van der Waals surface area contributed by atoms with Gasteiger partial charge in [-0.15, -0.1) is 0 Å². The van der Waals surface area contributed by atoms with E-state index in [1.54, 1.807) is 31.6 Å². The Hall–Kier alpha value is -1.42. The predicted molar refractivity (Wildman–Crippen MR) is 49.3 cm³/mol. The number of amides is 1. The number of hydrogen-bond acceptors (Lipinski definition) is 3. The maximum absolute atomic E-state index is 11.3. The van der Waals surface area contributed by atoms with Crippen molar-refractivity contribution in [2.75, 3.05) is 11.9 Å². The van der Waals surface area contributed by atoms with Crippen LogP contribution in [-0.2, 0) is 4.79 Å². The van der Waals surface area contributed by atoms with Crippen molar-refractivity contribution >= 4 is 11.6 Å². The number of likely N-dealkylation sites (N-methyl/N-ethyl adjacent to an activating group) is 1. The summed E-state index contributed by atoms with van der Waals surface area (Å²) in [6.07, 6.45) is 2.22. The number of nitrogens with zero attached hydrogens (tertiary/aromatic N) is 2. The van der Waals surface area contributed by atoms with E-state index in [-0.39, 0.29) is 5.91 Å². The molecule has 0 bridgehead atoms. The summed E-state index contributed by atoms with van der Waals surface area (Å²) in [5.41, 5.74) is 0.674. The lowest BCUT2D eigenvalue weighted by Crippen LogP contribution is -2.34. The van der Waals surface area contributed by atoms with Gasteiger partial charge in [0.25, 0.3) is 5.91 Å². The molecule has 4 nitrogen and oxygen atoms in total. The van der Waals surface area contributed by atoms with Gasteiger partial charge in [-0.1, -0.05) is 0 Å². The van der Waals surface area contributed by atoms with Crippen LogP contribution >= 0.6 is 0 Å². The average molecular weight is 180 g/mol. The van der Waals surface area contributed by atoms with Gasteiger partial charge in [-0.05, 0) is 19.1 Å². The Morgan fingerprint density at radius 3 is 2.85 bits per heavy atom. The second-order valence-electron chi connectivity index (χ2n) is 2.78. The molecule has 0 fully saturated rings. The molecule has 13 heavy (non-hydrogen) atoms. The average Bonchev–Trinajstić information content (AvgIpc) is 2.17. The summed E-state index contributed by atoms with van der Waals surface area (Å²) in [6, 6.07) is 3.49. The Morgan fingerprint density at radius 2 is 2.38 bits per heavy atom. The molecule has 1 amide bonds. The highest BCUT2D eigenvalue weighted by Gasteiger charge is 2.15. The monoisotopic (exact) mass is 180 g/mol. The summed E-state index contributed by atoms with van der Waals surface area (Å²) >= 11 is 0. The first kappa shape index (κ1) is 9.67. The zero-order valence-corrected chi connectivity index (χ0v) is 7.64. The number of anilines is 1. The van der Waals surface area contributed by atoms with E-state index in [1.807, 2.05) is 0 Å². The van der Waals surface area contributed by atoms with Crippen LogP contribution in [0.4, 0.5) is 5.69 Å². The molecule has 0 saturated carbocycles. The minimum atomic E-state index is -0.981. The molecule has 1 N–H and O–H groups in total. The van der Waals surface area contributed by atoms with Crippen molar-refractivity contribution < 1.29 is 9.90 Å². The van der Waals surface area contributed by atoms with Crippen molar-refractivity contribution in [3.05, 3.63) is 24.5 Å². The first-order valence-corrected chi connectivity index (χ1v) is 3.98. The van der Waals surface area contributed by atoms with Crippen LogP contribution in [0, 0.1) is 0 Å². The molecular formula is C9H12N2O2. The van der Waals surface area contributed by atoms with E-state index >= 15 is 0 Å². The van der Waals surface area contributed by atoms with Gasteiger partial charge in [0.2, 0.25) is 0 Å². The van der Waals surface area contributed by atoms with E-state index in [2.05, 4.69) is 4.98 Å². The molecule has 0 aliphatic heterocycles. The fraction of sp³-hybridized carbons (Fsp3) is 0.333. The zero-order chi connectivity index (χ0) is 9.84. The van der Waals surface area contributed by atoms with Crippen LogP contribution in [0.3, 0.4) is 0 Å².